The summed E-state index contributed by atoms with van der Waals surface area (Å²) in [6.45, 7) is 3.48. The van der Waals surface area contributed by atoms with Crippen LogP contribution in [0.25, 0.3) is 0 Å². The quantitative estimate of drug-likeness (QED) is 0.345. The Morgan fingerprint density at radius 2 is 2.17 bits per heavy atom. The summed E-state index contributed by atoms with van der Waals surface area (Å²) in [6.07, 6.45) is -1.73. The summed E-state index contributed by atoms with van der Waals surface area (Å²) in [6, 6.07) is -0.147. The maximum absolute atomic E-state index is 12.9. The normalized spacial score (nSPS) is 20.5. The molecule has 132 valence electrons. The van der Waals surface area contributed by atoms with E-state index in [2.05, 4.69) is 42.0 Å². The van der Waals surface area contributed by atoms with Gasteiger partial charge >= 0.3 is 12.3 Å². The third-order valence-electron chi connectivity index (χ3n) is 2.64. The van der Waals surface area contributed by atoms with Crippen LogP contribution in [0.4, 0.5) is 18.0 Å². The molecular weight excluding hydrogens is 397 g/mol. The molecule has 1 unspecified atom stereocenters. The van der Waals surface area contributed by atoms with Crippen LogP contribution in [0.15, 0.2) is 23.6 Å². The van der Waals surface area contributed by atoms with Crippen LogP contribution in [0.5, 0.6) is 0 Å². The molecule has 1 aromatic rings. The second-order valence-electron chi connectivity index (χ2n) is 5.03. The van der Waals surface area contributed by atoms with Gasteiger partial charge in [0.25, 0.3) is 0 Å². The van der Waals surface area contributed by atoms with E-state index in [1.165, 1.54) is 12.3 Å². The van der Waals surface area contributed by atoms with Gasteiger partial charge in [-0.05, 0) is 35.9 Å². The van der Waals surface area contributed by atoms with Crippen molar-refractivity contribution in [1.29, 1.82) is 0 Å². The van der Waals surface area contributed by atoms with Crippen LogP contribution in [0.2, 0.25) is 0 Å². The molecular formula is C12H14BrF3N6O2. The maximum atomic E-state index is 12.9. The molecule has 0 saturated heterocycles. The van der Waals surface area contributed by atoms with E-state index in [1.54, 1.807) is 13.8 Å². The number of amides is 1. The minimum atomic E-state index is -4.62. The summed E-state index contributed by atoms with van der Waals surface area (Å²) < 4.78 is 37.3. The van der Waals surface area contributed by atoms with Crippen LogP contribution >= 0.6 is 15.9 Å². The standard InChI is InChI=1S/C12H14BrF3N6O2/c1-6(2)20-10(23)24-22-11(13)3-4-17-9(21-11)7-8(12(14,15)16)19-5-18-7/h3-6,22H,1-2H3,(H,17,21)(H,18,19)(H,20,23). The minimum absolute atomic E-state index is 0.147. The number of carbonyl (C=O) groups is 1. The van der Waals surface area contributed by atoms with Crippen LogP contribution in [0.3, 0.4) is 0 Å². The van der Waals surface area contributed by atoms with Crippen LogP contribution in [-0.2, 0) is 11.0 Å². The lowest BCUT2D eigenvalue weighted by Gasteiger charge is -2.25. The summed E-state index contributed by atoms with van der Waals surface area (Å²) in [5.74, 6) is -0.164. The molecule has 1 aliphatic rings. The van der Waals surface area contributed by atoms with E-state index in [0.717, 1.165) is 6.33 Å². The number of hydrogen-bond acceptors (Lipinski definition) is 6. The first-order valence-corrected chi connectivity index (χ1v) is 7.48. The Labute approximate surface area is 143 Å². The predicted molar refractivity (Wildman–Crippen MR) is 81.9 cm³/mol. The predicted octanol–water partition coefficient (Wildman–Crippen LogP) is 1.98. The molecule has 0 fully saturated rings. The lowest BCUT2D eigenvalue weighted by Crippen LogP contribution is -2.45. The van der Waals surface area contributed by atoms with Crippen molar-refractivity contribution in [2.45, 2.75) is 30.6 Å². The zero-order valence-electron chi connectivity index (χ0n) is 12.5. The number of aliphatic imine (C=N–C) groups is 1. The van der Waals surface area contributed by atoms with Crippen molar-refractivity contribution < 1.29 is 22.8 Å². The van der Waals surface area contributed by atoms with Crippen molar-refractivity contribution in [2.75, 3.05) is 0 Å². The fraction of sp³-hybridized carbons (Fsp3) is 0.417. The van der Waals surface area contributed by atoms with E-state index in [9.17, 15) is 18.0 Å². The minimum Gasteiger partial charge on any atom is -0.350 e. The van der Waals surface area contributed by atoms with Gasteiger partial charge in [-0.1, -0.05) is 0 Å². The van der Waals surface area contributed by atoms with E-state index in [4.69, 9.17) is 4.84 Å². The van der Waals surface area contributed by atoms with Gasteiger partial charge < -0.3 is 20.5 Å². The van der Waals surface area contributed by atoms with E-state index in [0.29, 0.717) is 0 Å². The van der Waals surface area contributed by atoms with Gasteiger partial charge in [0.05, 0.1) is 6.33 Å². The summed E-state index contributed by atoms with van der Waals surface area (Å²) >= 11 is 3.14. The number of H-pyrrole nitrogens is 1. The lowest BCUT2D eigenvalue weighted by molar-refractivity contribution is -0.141. The third kappa shape index (κ3) is 4.47. The zero-order valence-corrected chi connectivity index (χ0v) is 14.1. The first kappa shape index (κ1) is 18.3. The molecule has 1 amide bonds. The van der Waals surface area contributed by atoms with Gasteiger partial charge in [-0.2, -0.15) is 13.2 Å². The molecule has 4 N–H and O–H groups in total. The molecule has 2 rings (SSSR count). The average molecular weight is 411 g/mol. The monoisotopic (exact) mass is 410 g/mol. The van der Waals surface area contributed by atoms with Gasteiger partial charge in [-0.25, -0.2) is 14.8 Å². The highest BCUT2D eigenvalue weighted by Crippen LogP contribution is 2.31. The Hall–Kier alpha value is -2.08. The summed E-state index contributed by atoms with van der Waals surface area (Å²) in [5.41, 5.74) is 0.867. The number of hydrogen-bond donors (Lipinski definition) is 4. The molecule has 0 aliphatic carbocycles. The maximum Gasteiger partial charge on any atom is 0.433 e. The second-order valence-corrected chi connectivity index (χ2v) is 6.23. The smallest absolute Gasteiger partial charge is 0.350 e. The second kappa shape index (κ2) is 6.81. The molecule has 1 aromatic heterocycles. The number of imidazole rings is 1. The number of carbonyl (C=O) groups excluding carboxylic acids is 1. The van der Waals surface area contributed by atoms with Gasteiger partial charge in [0.2, 0.25) is 4.57 Å². The third-order valence-corrected chi connectivity index (χ3v) is 3.24. The summed E-state index contributed by atoms with van der Waals surface area (Å²) in [5, 5.41) is 5.04. The van der Waals surface area contributed by atoms with Crippen molar-refractivity contribution in [3.05, 3.63) is 30.0 Å². The lowest BCUT2D eigenvalue weighted by atomic mass is 10.2. The van der Waals surface area contributed by atoms with E-state index < -0.39 is 28.2 Å². The number of nitrogens with zero attached hydrogens (tertiary/aromatic N) is 2. The summed E-state index contributed by atoms with van der Waals surface area (Å²) in [4.78, 5) is 25.9. The number of aromatic nitrogens is 2. The number of rotatable bonds is 4. The summed E-state index contributed by atoms with van der Waals surface area (Å²) in [7, 11) is 0. The molecule has 0 saturated carbocycles. The van der Waals surface area contributed by atoms with E-state index in [-0.39, 0.29) is 11.9 Å². The highest BCUT2D eigenvalue weighted by atomic mass is 79.9. The van der Waals surface area contributed by atoms with Crippen LogP contribution in [0.1, 0.15) is 25.2 Å². The van der Waals surface area contributed by atoms with Crippen LogP contribution < -0.4 is 16.1 Å². The highest BCUT2D eigenvalue weighted by Gasteiger charge is 2.38. The molecule has 2 heterocycles. The largest absolute Gasteiger partial charge is 0.433 e. The fourth-order valence-corrected chi connectivity index (χ4v) is 2.10. The topological polar surface area (TPSA) is 103 Å². The Morgan fingerprint density at radius 1 is 1.46 bits per heavy atom. The first-order chi connectivity index (χ1) is 11.1. The van der Waals surface area contributed by atoms with Gasteiger partial charge in [0.15, 0.2) is 11.5 Å². The molecule has 0 bridgehead atoms. The molecule has 24 heavy (non-hydrogen) atoms. The Balaban J connectivity index is 2.16. The number of hydroxylamine groups is 1. The number of nitrogens with one attached hydrogen (secondary N) is 4. The zero-order chi connectivity index (χ0) is 18.0. The van der Waals surface area contributed by atoms with Crippen LogP contribution in [0, 0.1) is 0 Å². The number of amidine groups is 1. The molecule has 8 nitrogen and oxygen atoms in total. The van der Waals surface area contributed by atoms with Crippen molar-refractivity contribution in [1.82, 2.24) is 26.1 Å². The molecule has 12 heteroatoms. The SMILES string of the molecule is CC(C)NC(=O)ONC1(Br)C=CNC(c2nc[nH]c2C(F)(F)F)=N1. The fourth-order valence-electron chi connectivity index (χ4n) is 1.71. The van der Waals surface area contributed by atoms with Gasteiger partial charge in [-0.15, -0.1) is 5.48 Å². The number of halogens is 4. The Kier molecular flexibility index (Phi) is 5.18. The van der Waals surface area contributed by atoms with Crippen molar-refractivity contribution in [3.63, 3.8) is 0 Å². The van der Waals surface area contributed by atoms with Crippen molar-refractivity contribution >= 4 is 27.9 Å². The molecule has 1 atom stereocenters. The number of alkyl halides is 4. The molecule has 0 aromatic carbocycles. The average Bonchev–Trinajstić information content (AvgIpc) is 2.94. The van der Waals surface area contributed by atoms with Crippen molar-refractivity contribution in [3.8, 4) is 0 Å². The first-order valence-electron chi connectivity index (χ1n) is 6.69. The van der Waals surface area contributed by atoms with Gasteiger partial charge in [-0.3, -0.25) is 0 Å². The molecule has 0 spiro atoms. The highest BCUT2D eigenvalue weighted by molar-refractivity contribution is 9.10. The molecule has 0 radical (unpaired) electrons. The Morgan fingerprint density at radius 3 is 2.79 bits per heavy atom. The van der Waals surface area contributed by atoms with Crippen molar-refractivity contribution in [2.24, 2.45) is 4.99 Å². The Bertz CT molecular complexity index is 672. The van der Waals surface area contributed by atoms with Crippen LogP contribution in [-0.4, -0.2) is 32.5 Å². The van der Waals surface area contributed by atoms with E-state index in [1.807, 2.05) is 4.98 Å². The molecule has 1 aliphatic heterocycles. The van der Waals surface area contributed by atoms with E-state index >= 15 is 0 Å². The van der Waals surface area contributed by atoms with Gasteiger partial charge in [0, 0.05) is 12.2 Å². The van der Waals surface area contributed by atoms with Gasteiger partial charge in [0.1, 0.15) is 5.69 Å². The number of aromatic amines is 1.